The van der Waals surface area contributed by atoms with Gasteiger partial charge in [0.15, 0.2) is 0 Å². The van der Waals surface area contributed by atoms with Crippen LogP contribution in [0.15, 0.2) is 36.4 Å². The number of amides is 1. The van der Waals surface area contributed by atoms with Crippen molar-refractivity contribution in [2.24, 2.45) is 0 Å². The maximum Gasteiger partial charge on any atom is 0.237 e. The van der Waals surface area contributed by atoms with E-state index in [4.69, 9.17) is 0 Å². The van der Waals surface area contributed by atoms with Gasteiger partial charge >= 0.3 is 0 Å². The molecule has 1 fully saturated rings. The summed E-state index contributed by atoms with van der Waals surface area (Å²) in [5.41, 5.74) is 0.906. The summed E-state index contributed by atoms with van der Waals surface area (Å²) in [5, 5.41) is 2.97. The Bertz CT molecular complexity index is 698. The lowest BCUT2D eigenvalue weighted by molar-refractivity contribution is -0.126. The number of nitrogens with zero attached hydrogens (tertiary/aromatic N) is 1. The first kappa shape index (κ1) is 17.1. The number of hydrogen-bond donors (Lipinski definition) is 1. The minimum absolute atomic E-state index is 0.0273. The number of halogens is 1. The monoisotopic (exact) mass is 346 g/mol. The van der Waals surface area contributed by atoms with E-state index in [2.05, 4.69) is 29.3 Å². The van der Waals surface area contributed by atoms with Gasteiger partial charge in [-0.3, -0.25) is 9.69 Å². The molecule has 128 valence electrons. The highest BCUT2D eigenvalue weighted by molar-refractivity contribution is 7.12. The van der Waals surface area contributed by atoms with Gasteiger partial charge in [-0.1, -0.05) is 12.1 Å². The van der Waals surface area contributed by atoms with Gasteiger partial charge in [-0.05, 0) is 63.1 Å². The molecule has 3 rings (SSSR count). The van der Waals surface area contributed by atoms with E-state index in [-0.39, 0.29) is 17.8 Å². The lowest BCUT2D eigenvalue weighted by Gasteiger charge is -2.29. The van der Waals surface area contributed by atoms with E-state index >= 15 is 0 Å². The third-order valence-corrected chi connectivity index (χ3v) is 5.74. The van der Waals surface area contributed by atoms with Crippen LogP contribution in [0.3, 0.4) is 0 Å². The number of benzene rings is 1. The molecule has 24 heavy (non-hydrogen) atoms. The molecule has 1 amide bonds. The zero-order valence-electron chi connectivity index (χ0n) is 14.1. The number of thiophene rings is 1. The van der Waals surface area contributed by atoms with Crippen LogP contribution in [-0.4, -0.2) is 23.4 Å². The number of aryl methyl sites for hydroxylation is 1. The van der Waals surface area contributed by atoms with Gasteiger partial charge in [-0.25, -0.2) is 4.39 Å². The van der Waals surface area contributed by atoms with Crippen LogP contribution in [0.4, 0.5) is 4.39 Å². The normalized spacial score (nSPS) is 19.4. The van der Waals surface area contributed by atoms with Crippen LogP contribution in [-0.2, 0) is 11.3 Å². The molecule has 0 saturated carbocycles. The topological polar surface area (TPSA) is 32.3 Å². The van der Waals surface area contributed by atoms with Crippen molar-refractivity contribution in [1.29, 1.82) is 0 Å². The number of carbonyl (C=O) groups is 1. The summed E-state index contributed by atoms with van der Waals surface area (Å²) in [7, 11) is 0. The molecule has 5 heteroatoms. The van der Waals surface area contributed by atoms with Crippen molar-refractivity contribution >= 4 is 17.2 Å². The molecule has 0 aliphatic carbocycles. The fourth-order valence-corrected chi connectivity index (χ4v) is 4.31. The van der Waals surface area contributed by atoms with Crippen molar-refractivity contribution in [3.63, 3.8) is 0 Å². The second kappa shape index (κ2) is 7.45. The highest BCUT2D eigenvalue weighted by Crippen LogP contribution is 2.37. The Labute approximate surface area is 146 Å². The lowest BCUT2D eigenvalue weighted by atomic mass is 10.1. The average molecular weight is 346 g/mol. The van der Waals surface area contributed by atoms with Gasteiger partial charge < -0.3 is 5.32 Å². The van der Waals surface area contributed by atoms with Gasteiger partial charge in [0.25, 0.3) is 0 Å². The van der Waals surface area contributed by atoms with Gasteiger partial charge in [0, 0.05) is 22.3 Å². The fourth-order valence-electron chi connectivity index (χ4n) is 3.28. The zero-order chi connectivity index (χ0) is 17.1. The van der Waals surface area contributed by atoms with Crippen LogP contribution in [0.5, 0.6) is 0 Å². The summed E-state index contributed by atoms with van der Waals surface area (Å²) in [6.45, 7) is 5.47. The average Bonchev–Trinajstić information content (AvgIpc) is 3.21. The SMILES string of the molecule is Cc1ccc(C2CCCN2C(C)C(=O)NCc2ccc(F)cc2)s1. The highest BCUT2D eigenvalue weighted by Gasteiger charge is 2.33. The third-order valence-electron chi connectivity index (χ3n) is 4.64. The van der Waals surface area contributed by atoms with E-state index in [0.717, 1.165) is 24.9 Å². The van der Waals surface area contributed by atoms with E-state index in [9.17, 15) is 9.18 Å². The number of nitrogens with one attached hydrogen (secondary N) is 1. The van der Waals surface area contributed by atoms with Crippen molar-refractivity contribution in [1.82, 2.24) is 10.2 Å². The summed E-state index contributed by atoms with van der Waals surface area (Å²) in [4.78, 5) is 17.5. The van der Waals surface area contributed by atoms with Crippen molar-refractivity contribution < 1.29 is 9.18 Å². The molecule has 2 heterocycles. The maximum atomic E-state index is 12.9. The molecule has 1 aliphatic rings. The quantitative estimate of drug-likeness (QED) is 0.886. The molecule has 0 spiro atoms. The third kappa shape index (κ3) is 3.84. The Morgan fingerprint density at radius 1 is 1.33 bits per heavy atom. The molecule has 1 aromatic carbocycles. The van der Waals surface area contributed by atoms with E-state index in [1.807, 2.05) is 18.3 Å². The van der Waals surface area contributed by atoms with Crippen LogP contribution in [0.25, 0.3) is 0 Å². The smallest absolute Gasteiger partial charge is 0.237 e. The highest BCUT2D eigenvalue weighted by atomic mass is 32.1. The maximum absolute atomic E-state index is 12.9. The summed E-state index contributed by atoms with van der Waals surface area (Å²) in [6, 6.07) is 10.7. The molecule has 2 unspecified atom stereocenters. The molecule has 1 aromatic heterocycles. The van der Waals surface area contributed by atoms with E-state index in [1.54, 1.807) is 12.1 Å². The standard InChI is InChI=1S/C19H23FN2OS/c1-13-5-10-18(24-13)17-4-3-11-22(17)14(2)19(23)21-12-15-6-8-16(20)9-7-15/h5-10,14,17H,3-4,11-12H2,1-2H3,(H,21,23). The minimum atomic E-state index is -0.260. The van der Waals surface area contributed by atoms with Crippen LogP contribution in [0.1, 0.15) is 41.1 Å². The Hall–Kier alpha value is -1.72. The van der Waals surface area contributed by atoms with E-state index in [1.165, 1.54) is 21.9 Å². The molecule has 1 aliphatic heterocycles. The molecular formula is C19H23FN2OS. The van der Waals surface area contributed by atoms with Crippen molar-refractivity contribution in [2.75, 3.05) is 6.54 Å². The predicted molar refractivity (Wildman–Crippen MR) is 95.4 cm³/mol. The molecule has 0 bridgehead atoms. The van der Waals surface area contributed by atoms with Gasteiger partial charge in [-0.2, -0.15) is 0 Å². The van der Waals surface area contributed by atoms with Crippen molar-refractivity contribution in [2.45, 2.75) is 45.3 Å². The van der Waals surface area contributed by atoms with Gasteiger partial charge in [-0.15, -0.1) is 11.3 Å². The molecule has 2 atom stereocenters. The fraction of sp³-hybridized carbons (Fsp3) is 0.421. The predicted octanol–water partition coefficient (Wildman–Crippen LogP) is 4.04. The molecular weight excluding hydrogens is 323 g/mol. The van der Waals surface area contributed by atoms with Gasteiger partial charge in [0.05, 0.1) is 6.04 Å². The summed E-state index contributed by atoms with van der Waals surface area (Å²) in [6.07, 6.45) is 2.23. The molecule has 1 N–H and O–H groups in total. The largest absolute Gasteiger partial charge is 0.351 e. The molecule has 3 nitrogen and oxygen atoms in total. The summed E-state index contributed by atoms with van der Waals surface area (Å²) in [5.74, 6) is -0.232. The number of likely N-dealkylation sites (tertiary alicyclic amines) is 1. The van der Waals surface area contributed by atoms with Gasteiger partial charge in [0.2, 0.25) is 5.91 Å². The Kier molecular flexibility index (Phi) is 5.31. The van der Waals surface area contributed by atoms with Crippen LogP contribution < -0.4 is 5.32 Å². The van der Waals surface area contributed by atoms with Crippen LogP contribution >= 0.6 is 11.3 Å². The first-order chi connectivity index (χ1) is 11.5. The van der Waals surface area contributed by atoms with Crippen molar-refractivity contribution in [3.05, 3.63) is 57.5 Å². The Morgan fingerprint density at radius 3 is 2.75 bits per heavy atom. The number of rotatable bonds is 5. The van der Waals surface area contributed by atoms with Gasteiger partial charge in [0.1, 0.15) is 5.82 Å². The van der Waals surface area contributed by atoms with Crippen LogP contribution in [0.2, 0.25) is 0 Å². The summed E-state index contributed by atoms with van der Waals surface area (Å²) >= 11 is 1.82. The zero-order valence-corrected chi connectivity index (χ0v) is 14.9. The first-order valence-electron chi connectivity index (χ1n) is 8.39. The summed E-state index contributed by atoms with van der Waals surface area (Å²) < 4.78 is 12.9. The van der Waals surface area contributed by atoms with Crippen molar-refractivity contribution in [3.8, 4) is 0 Å². The molecule has 0 radical (unpaired) electrons. The second-order valence-electron chi connectivity index (χ2n) is 6.36. The molecule has 1 saturated heterocycles. The minimum Gasteiger partial charge on any atom is -0.351 e. The van der Waals surface area contributed by atoms with Crippen LogP contribution in [0, 0.1) is 12.7 Å². The first-order valence-corrected chi connectivity index (χ1v) is 9.20. The lowest BCUT2D eigenvalue weighted by Crippen LogP contribution is -2.44. The number of hydrogen-bond acceptors (Lipinski definition) is 3. The Balaban J connectivity index is 1.60. The van der Waals surface area contributed by atoms with E-state index < -0.39 is 0 Å². The van der Waals surface area contributed by atoms with E-state index in [0.29, 0.717) is 12.6 Å². The second-order valence-corrected chi connectivity index (χ2v) is 7.68. The molecule has 2 aromatic rings. The number of carbonyl (C=O) groups excluding carboxylic acids is 1. The Morgan fingerprint density at radius 2 is 2.08 bits per heavy atom.